The molecule has 0 fully saturated rings. The second kappa shape index (κ2) is 6.92. The molecule has 114 valence electrons. The number of rotatable bonds is 3. The quantitative estimate of drug-likeness (QED) is 0.687. The van der Waals surface area contributed by atoms with Crippen LogP contribution in [0.15, 0.2) is 36.4 Å². The first-order chi connectivity index (χ1) is 9.81. The van der Waals surface area contributed by atoms with Gasteiger partial charge in [0.25, 0.3) is 11.8 Å². The number of ether oxygens (including phenoxy) is 1. The van der Waals surface area contributed by atoms with Gasteiger partial charge in [-0.05, 0) is 39.8 Å². The summed E-state index contributed by atoms with van der Waals surface area (Å²) < 4.78 is 5.21. The fraction of sp³-hybridized carbons (Fsp3) is 0.375. The third-order valence-electron chi connectivity index (χ3n) is 2.75. The van der Waals surface area contributed by atoms with Crippen LogP contribution in [-0.4, -0.2) is 29.5 Å². The van der Waals surface area contributed by atoms with E-state index in [4.69, 9.17) is 4.74 Å². The Kier molecular flexibility index (Phi) is 5.52. The monoisotopic (exact) mass is 290 g/mol. The lowest BCUT2D eigenvalue weighted by Gasteiger charge is -2.35. The van der Waals surface area contributed by atoms with Crippen LogP contribution in [0.2, 0.25) is 0 Å². The first-order valence-corrected chi connectivity index (χ1v) is 6.72. The Bertz CT molecular complexity index is 545. The number of hydrogen-bond donors (Lipinski definition) is 1. The minimum atomic E-state index is -0.574. The van der Waals surface area contributed by atoms with Gasteiger partial charge in [-0.3, -0.25) is 15.0 Å². The van der Waals surface area contributed by atoms with Crippen LogP contribution in [0.25, 0.3) is 0 Å². The van der Waals surface area contributed by atoms with Crippen molar-refractivity contribution in [1.82, 2.24) is 10.4 Å². The van der Waals surface area contributed by atoms with Gasteiger partial charge in [-0.2, -0.15) is 0 Å². The van der Waals surface area contributed by atoms with Crippen molar-refractivity contribution in [3.05, 3.63) is 42.0 Å². The number of benzene rings is 1. The predicted octanol–water partition coefficient (Wildman–Crippen LogP) is 2.54. The fourth-order valence-corrected chi connectivity index (χ4v) is 1.76. The molecule has 0 saturated heterocycles. The molecule has 0 aliphatic carbocycles. The number of hydrazine groups is 1. The van der Waals surface area contributed by atoms with Crippen LogP contribution >= 0.6 is 0 Å². The summed E-state index contributed by atoms with van der Waals surface area (Å²) >= 11 is 0. The molecule has 0 aliphatic heterocycles. The van der Waals surface area contributed by atoms with E-state index in [9.17, 15) is 9.59 Å². The van der Waals surface area contributed by atoms with E-state index in [0.717, 1.165) is 0 Å². The third kappa shape index (κ3) is 4.34. The summed E-state index contributed by atoms with van der Waals surface area (Å²) in [4.78, 5) is 24.5. The van der Waals surface area contributed by atoms with E-state index in [1.165, 1.54) is 18.2 Å². The summed E-state index contributed by atoms with van der Waals surface area (Å²) in [5.41, 5.74) is 2.43. The molecule has 0 saturated carbocycles. The number of amides is 2. The Morgan fingerprint density at radius 2 is 1.86 bits per heavy atom. The highest BCUT2D eigenvalue weighted by Gasteiger charge is 2.30. The topological polar surface area (TPSA) is 58.6 Å². The predicted molar refractivity (Wildman–Crippen MR) is 81.9 cm³/mol. The Hall–Kier alpha value is -2.30. The zero-order valence-electron chi connectivity index (χ0n) is 13.1. The van der Waals surface area contributed by atoms with Gasteiger partial charge in [0.15, 0.2) is 0 Å². The molecule has 0 bridgehead atoms. The number of nitrogens with zero attached hydrogens (tertiary/aromatic N) is 1. The lowest BCUT2D eigenvalue weighted by atomic mass is 10.1. The third-order valence-corrected chi connectivity index (χ3v) is 2.75. The van der Waals surface area contributed by atoms with Crippen molar-refractivity contribution in [3.63, 3.8) is 0 Å². The summed E-state index contributed by atoms with van der Waals surface area (Å²) in [5.74, 6) is -0.203. The van der Waals surface area contributed by atoms with Crippen molar-refractivity contribution < 1.29 is 14.3 Å². The molecule has 5 heteroatoms. The molecule has 2 amide bonds. The van der Waals surface area contributed by atoms with Crippen LogP contribution in [0.4, 0.5) is 0 Å². The number of allylic oxidation sites excluding steroid dienone is 1. The van der Waals surface area contributed by atoms with Crippen LogP contribution in [0.1, 0.15) is 38.1 Å². The molecule has 1 aromatic carbocycles. The molecule has 1 rings (SSSR count). The van der Waals surface area contributed by atoms with Gasteiger partial charge in [0.2, 0.25) is 0 Å². The minimum absolute atomic E-state index is 0.321. The summed E-state index contributed by atoms with van der Waals surface area (Å²) in [5, 5.41) is 1.31. The maximum atomic E-state index is 12.7. The van der Waals surface area contributed by atoms with Crippen LogP contribution in [0, 0.1) is 0 Å². The summed E-state index contributed by atoms with van der Waals surface area (Å²) in [6, 6.07) is 6.92. The molecule has 1 N–H and O–H groups in total. The van der Waals surface area contributed by atoms with Crippen LogP contribution in [-0.2, 0) is 4.79 Å². The molecule has 0 radical (unpaired) electrons. The summed E-state index contributed by atoms with van der Waals surface area (Å²) in [7, 11) is 1.51. The molecule has 0 aliphatic rings. The molecule has 0 aromatic heterocycles. The Morgan fingerprint density at radius 1 is 1.24 bits per heavy atom. The lowest BCUT2D eigenvalue weighted by Crippen LogP contribution is -2.55. The van der Waals surface area contributed by atoms with Crippen molar-refractivity contribution in [1.29, 1.82) is 0 Å². The van der Waals surface area contributed by atoms with E-state index in [2.05, 4.69) is 5.43 Å². The first-order valence-electron chi connectivity index (χ1n) is 6.72. The number of nitrogens with one attached hydrogen (secondary N) is 1. The van der Waals surface area contributed by atoms with Crippen molar-refractivity contribution in [2.75, 3.05) is 7.11 Å². The maximum absolute atomic E-state index is 12.7. The van der Waals surface area contributed by atoms with E-state index in [-0.39, 0.29) is 11.8 Å². The second-order valence-corrected chi connectivity index (χ2v) is 5.49. The number of hydrogen-bond acceptors (Lipinski definition) is 3. The normalized spacial score (nSPS) is 11.3. The molecular weight excluding hydrogens is 268 g/mol. The maximum Gasteiger partial charge on any atom is 0.276 e. The van der Waals surface area contributed by atoms with Crippen LogP contribution in [0.5, 0.6) is 5.75 Å². The average Bonchev–Trinajstić information content (AvgIpc) is 2.43. The molecule has 21 heavy (non-hydrogen) atoms. The van der Waals surface area contributed by atoms with Crippen LogP contribution in [0.3, 0.4) is 0 Å². The smallest absolute Gasteiger partial charge is 0.276 e. The Balaban J connectivity index is 3.14. The molecule has 5 nitrogen and oxygen atoms in total. The lowest BCUT2D eigenvalue weighted by molar-refractivity contribution is -0.122. The molecule has 0 unspecified atom stereocenters. The highest BCUT2D eigenvalue weighted by Crippen LogP contribution is 2.22. The number of carbonyl (C=O) groups is 2. The Morgan fingerprint density at radius 3 is 2.38 bits per heavy atom. The summed E-state index contributed by atoms with van der Waals surface area (Å²) in [6.45, 7) is 7.27. The highest BCUT2D eigenvalue weighted by atomic mass is 16.5. The van der Waals surface area contributed by atoms with Gasteiger partial charge in [-0.1, -0.05) is 18.2 Å². The summed E-state index contributed by atoms with van der Waals surface area (Å²) in [6.07, 6.45) is 2.98. The van der Waals surface area contributed by atoms with E-state index in [0.29, 0.717) is 11.3 Å². The van der Waals surface area contributed by atoms with E-state index in [1.807, 2.05) is 20.8 Å². The van der Waals surface area contributed by atoms with Gasteiger partial charge < -0.3 is 4.74 Å². The number of methoxy groups -OCH3 is 1. The van der Waals surface area contributed by atoms with E-state index < -0.39 is 5.54 Å². The standard InChI is InChI=1S/C16H22N2O3/c1-6-9-14(19)17-18(16(2,3)4)15(20)12-10-7-8-11-13(12)21-5/h6-11H,1-5H3,(H,17,19)/b9-6+. The van der Waals surface area contributed by atoms with Gasteiger partial charge in [-0.15, -0.1) is 0 Å². The largest absolute Gasteiger partial charge is 0.496 e. The van der Waals surface area contributed by atoms with Gasteiger partial charge in [0, 0.05) is 6.08 Å². The van der Waals surface area contributed by atoms with Gasteiger partial charge in [0.1, 0.15) is 5.75 Å². The minimum Gasteiger partial charge on any atom is -0.496 e. The van der Waals surface area contributed by atoms with Gasteiger partial charge in [-0.25, -0.2) is 5.01 Å². The van der Waals surface area contributed by atoms with Crippen molar-refractivity contribution in [2.45, 2.75) is 33.2 Å². The Labute approximate surface area is 125 Å². The van der Waals surface area contributed by atoms with Crippen molar-refractivity contribution >= 4 is 11.8 Å². The van der Waals surface area contributed by atoms with Gasteiger partial charge >= 0.3 is 0 Å². The second-order valence-electron chi connectivity index (χ2n) is 5.49. The zero-order valence-corrected chi connectivity index (χ0v) is 13.1. The number of para-hydroxylation sites is 1. The van der Waals surface area contributed by atoms with E-state index >= 15 is 0 Å². The van der Waals surface area contributed by atoms with E-state index in [1.54, 1.807) is 37.3 Å². The number of carbonyl (C=O) groups excluding carboxylic acids is 2. The SMILES string of the molecule is C/C=C/C(=O)NN(C(=O)c1ccccc1OC)C(C)(C)C. The van der Waals surface area contributed by atoms with Crippen molar-refractivity contribution in [3.8, 4) is 5.75 Å². The van der Waals surface area contributed by atoms with Crippen LogP contribution < -0.4 is 10.2 Å². The molecule has 0 atom stereocenters. The molecular formula is C16H22N2O3. The first kappa shape index (κ1) is 16.8. The van der Waals surface area contributed by atoms with Crippen molar-refractivity contribution in [2.24, 2.45) is 0 Å². The zero-order chi connectivity index (χ0) is 16.0. The molecule has 0 spiro atoms. The molecule has 0 heterocycles. The fourth-order valence-electron chi connectivity index (χ4n) is 1.76. The highest BCUT2D eigenvalue weighted by molar-refractivity contribution is 5.99. The average molecular weight is 290 g/mol. The molecule has 1 aromatic rings. The van der Waals surface area contributed by atoms with Gasteiger partial charge in [0.05, 0.1) is 18.2 Å².